The fourth-order valence-electron chi connectivity index (χ4n) is 5.53. The quantitative estimate of drug-likeness (QED) is 0.208. The minimum absolute atomic E-state index is 0.0638. The zero-order valence-electron chi connectivity index (χ0n) is 23.3. The van der Waals surface area contributed by atoms with Crippen molar-refractivity contribution in [2.45, 2.75) is 64.5 Å². The van der Waals surface area contributed by atoms with E-state index >= 15 is 0 Å². The number of ether oxygens (including phenoxy) is 2. The summed E-state index contributed by atoms with van der Waals surface area (Å²) in [6.07, 6.45) is 7.37. The highest BCUT2D eigenvalue weighted by atomic mass is 32.1. The fourth-order valence-corrected chi connectivity index (χ4v) is 6.84. The van der Waals surface area contributed by atoms with Crippen molar-refractivity contribution in [2.75, 3.05) is 38.2 Å². The molecule has 0 radical (unpaired) electrons. The van der Waals surface area contributed by atoms with Gasteiger partial charge in [0.2, 0.25) is 0 Å². The smallest absolute Gasteiger partial charge is 0.410 e. The van der Waals surface area contributed by atoms with Gasteiger partial charge < -0.3 is 23.8 Å². The molecule has 3 aromatic rings. The Kier molecular flexibility index (Phi) is 7.72. The second kappa shape index (κ2) is 11.1. The first-order valence-corrected chi connectivity index (χ1v) is 14.5. The number of methoxy groups -OCH3 is 1. The summed E-state index contributed by atoms with van der Waals surface area (Å²) in [5.41, 5.74) is 1.45. The number of hydrogen-bond donors (Lipinski definition) is 0. The van der Waals surface area contributed by atoms with Crippen LogP contribution < -0.4 is 4.90 Å². The molecule has 1 aliphatic heterocycles. The van der Waals surface area contributed by atoms with Gasteiger partial charge in [0.05, 0.1) is 29.4 Å². The maximum absolute atomic E-state index is 12.9. The Labute approximate surface area is 236 Å². The fraction of sp³-hybridized carbons (Fsp3) is 0.536. The molecule has 40 heavy (non-hydrogen) atoms. The van der Waals surface area contributed by atoms with Crippen LogP contribution in [0.1, 0.15) is 69.3 Å². The van der Waals surface area contributed by atoms with Gasteiger partial charge in [-0.2, -0.15) is 0 Å². The number of rotatable bonds is 5. The van der Waals surface area contributed by atoms with E-state index in [2.05, 4.69) is 9.55 Å². The lowest BCUT2D eigenvalue weighted by atomic mass is 9.95. The van der Waals surface area contributed by atoms with E-state index in [4.69, 9.17) is 9.47 Å². The standard InChI is InChI=1S/C28H35N5O6S/c1-28(2,3)39-27(35)31-14-12-30(13-15-31)25-22(26(34)38-4)23(33(36)37)24(40-25)18-10-11-21-20(16-18)29-17-32(21)19-8-6-5-7-9-19/h10-11,16-17,19H,5-9,12-15H2,1-4H3. The number of hydrogen-bond acceptors (Lipinski definition) is 9. The third kappa shape index (κ3) is 5.49. The number of carbonyl (C=O) groups excluding carboxylic acids is 2. The van der Waals surface area contributed by atoms with Crippen LogP contribution in [0.2, 0.25) is 0 Å². The molecule has 1 saturated heterocycles. The molecule has 5 rings (SSSR count). The third-order valence-electron chi connectivity index (χ3n) is 7.46. The second-order valence-corrected chi connectivity index (χ2v) is 12.3. The molecule has 1 aliphatic carbocycles. The van der Waals surface area contributed by atoms with Crippen LogP contribution in [0.25, 0.3) is 21.5 Å². The van der Waals surface area contributed by atoms with Gasteiger partial charge in [-0.1, -0.05) is 25.3 Å². The lowest BCUT2D eigenvalue weighted by Crippen LogP contribution is -2.50. The van der Waals surface area contributed by atoms with Crippen molar-refractivity contribution in [3.8, 4) is 10.4 Å². The minimum Gasteiger partial charge on any atom is -0.465 e. The van der Waals surface area contributed by atoms with E-state index in [1.165, 1.54) is 37.7 Å². The molecule has 2 aliphatic rings. The second-order valence-electron chi connectivity index (χ2n) is 11.3. The molecule has 1 amide bonds. The van der Waals surface area contributed by atoms with Gasteiger partial charge in [0.15, 0.2) is 5.56 Å². The Hall–Kier alpha value is -3.67. The molecule has 0 unspecified atom stereocenters. The van der Waals surface area contributed by atoms with Crippen molar-refractivity contribution in [1.82, 2.24) is 14.5 Å². The summed E-state index contributed by atoms with van der Waals surface area (Å²) in [5, 5.41) is 12.8. The molecule has 1 aromatic carbocycles. The van der Waals surface area contributed by atoms with Crippen molar-refractivity contribution in [3.63, 3.8) is 0 Å². The van der Waals surface area contributed by atoms with Gasteiger partial charge in [-0.15, -0.1) is 11.3 Å². The van der Waals surface area contributed by atoms with E-state index in [0.29, 0.717) is 47.7 Å². The Morgan fingerprint density at radius 2 is 1.80 bits per heavy atom. The van der Waals surface area contributed by atoms with E-state index in [0.717, 1.165) is 23.9 Å². The van der Waals surface area contributed by atoms with Crippen LogP contribution in [-0.2, 0) is 9.47 Å². The SMILES string of the molecule is COC(=O)c1c(N2CCN(C(=O)OC(C)(C)C)CC2)sc(-c2ccc3c(c2)ncn3C2CCCCC2)c1[N+](=O)[O-]. The van der Waals surface area contributed by atoms with Crippen molar-refractivity contribution in [1.29, 1.82) is 0 Å². The van der Waals surface area contributed by atoms with Crippen LogP contribution in [0.15, 0.2) is 24.5 Å². The summed E-state index contributed by atoms with van der Waals surface area (Å²) in [6, 6.07) is 6.11. The summed E-state index contributed by atoms with van der Waals surface area (Å²) < 4.78 is 12.7. The van der Waals surface area contributed by atoms with Gasteiger partial charge in [0.25, 0.3) is 0 Å². The molecule has 1 saturated carbocycles. The maximum Gasteiger partial charge on any atom is 0.410 e. The molecule has 2 aromatic heterocycles. The molecule has 0 bridgehead atoms. The highest BCUT2D eigenvalue weighted by Crippen LogP contribution is 2.48. The van der Waals surface area contributed by atoms with E-state index in [1.54, 1.807) is 4.90 Å². The largest absolute Gasteiger partial charge is 0.465 e. The van der Waals surface area contributed by atoms with E-state index in [9.17, 15) is 19.7 Å². The number of piperazine rings is 1. The van der Waals surface area contributed by atoms with Crippen molar-refractivity contribution < 1.29 is 24.0 Å². The zero-order valence-corrected chi connectivity index (χ0v) is 24.2. The number of esters is 1. The number of anilines is 1. The number of thiophene rings is 1. The average molecular weight is 570 g/mol. The van der Waals surface area contributed by atoms with Gasteiger partial charge in [0.1, 0.15) is 15.5 Å². The number of fused-ring (bicyclic) bond motifs is 1. The van der Waals surface area contributed by atoms with Crippen molar-refractivity contribution in [3.05, 3.63) is 40.2 Å². The van der Waals surface area contributed by atoms with Crippen LogP contribution in [-0.4, -0.2) is 70.3 Å². The van der Waals surface area contributed by atoms with E-state index in [-0.39, 0.29) is 11.3 Å². The number of carbonyl (C=O) groups is 2. The molecule has 214 valence electrons. The van der Waals surface area contributed by atoms with Gasteiger partial charge >= 0.3 is 17.7 Å². The molecule has 0 spiro atoms. The molecular weight excluding hydrogens is 534 g/mol. The summed E-state index contributed by atoms with van der Waals surface area (Å²) in [6.45, 7) is 6.95. The Morgan fingerprint density at radius 1 is 1.10 bits per heavy atom. The van der Waals surface area contributed by atoms with Crippen LogP contribution in [0.5, 0.6) is 0 Å². The summed E-state index contributed by atoms with van der Waals surface area (Å²) in [7, 11) is 1.22. The summed E-state index contributed by atoms with van der Waals surface area (Å²) in [4.78, 5) is 45.8. The first-order valence-electron chi connectivity index (χ1n) is 13.7. The Bertz CT molecular complexity index is 1430. The van der Waals surface area contributed by atoms with Crippen molar-refractivity contribution >= 4 is 45.1 Å². The monoisotopic (exact) mass is 569 g/mol. The molecule has 12 heteroatoms. The van der Waals surface area contributed by atoms with Gasteiger partial charge in [0, 0.05) is 37.8 Å². The molecular formula is C28H35N5O6S. The number of nitrogens with zero attached hydrogens (tertiary/aromatic N) is 5. The normalized spacial score (nSPS) is 16.8. The van der Waals surface area contributed by atoms with Gasteiger partial charge in [-0.3, -0.25) is 10.1 Å². The van der Waals surface area contributed by atoms with Crippen LogP contribution >= 0.6 is 11.3 Å². The maximum atomic E-state index is 12.9. The van der Waals surface area contributed by atoms with Crippen LogP contribution in [0.4, 0.5) is 15.5 Å². The first kappa shape index (κ1) is 27.9. The van der Waals surface area contributed by atoms with Crippen LogP contribution in [0, 0.1) is 10.1 Å². The first-order chi connectivity index (χ1) is 19.1. The predicted molar refractivity (Wildman–Crippen MR) is 153 cm³/mol. The number of nitro groups is 1. The molecule has 0 atom stereocenters. The Balaban J connectivity index is 1.48. The highest BCUT2D eigenvalue weighted by molar-refractivity contribution is 7.20. The summed E-state index contributed by atoms with van der Waals surface area (Å²) in [5.74, 6) is -0.763. The lowest BCUT2D eigenvalue weighted by Gasteiger charge is -2.36. The van der Waals surface area contributed by atoms with Gasteiger partial charge in [-0.05, 0) is 45.7 Å². The zero-order chi connectivity index (χ0) is 28.6. The number of amides is 1. The summed E-state index contributed by atoms with van der Waals surface area (Å²) >= 11 is 1.19. The predicted octanol–water partition coefficient (Wildman–Crippen LogP) is 6.02. The minimum atomic E-state index is -0.763. The molecule has 11 nitrogen and oxygen atoms in total. The van der Waals surface area contributed by atoms with Crippen LogP contribution in [0.3, 0.4) is 0 Å². The van der Waals surface area contributed by atoms with E-state index < -0.39 is 22.6 Å². The lowest BCUT2D eigenvalue weighted by molar-refractivity contribution is -0.384. The molecule has 0 N–H and O–H groups in total. The third-order valence-corrected chi connectivity index (χ3v) is 8.75. The number of benzene rings is 1. The van der Waals surface area contributed by atoms with Crippen molar-refractivity contribution in [2.24, 2.45) is 0 Å². The molecule has 2 fully saturated rings. The average Bonchev–Trinajstić information content (AvgIpc) is 3.54. The number of imidazole rings is 1. The Morgan fingerprint density at radius 3 is 2.42 bits per heavy atom. The number of aromatic nitrogens is 2. The molecule has 3 heterocycles. The van der Waals surface area contributed by atoms with E-state index in [1.807, 2.05) is 50.2 Å². The highest BCUT2D eigenvalue weighted by Gasteiger charge is 2.37. The topological polar surface area (TPSA) is 120 Å². The van der Waals surface area contributed by atoms with Gasteiger partial charge in [-0.25, -0.2) is 14.6 Å².